The van der Waals surface area contributed by atoms with Crippen molar-refractivity contribution in [2.75, 3.05) is 21.1 Å². The molecular formula is C23H50NO5+. The van der Waals surface area contributed by atoms with E-state index in [0.29, 0.717) is 17.3 Å². The molecule has 3 unspecified atom stereocenters. The molecule has 176 valence electrons. The molecule has 0 aliphatic carbocycles. The molecule has 0 amide bonds. The third-order valence-corrected chi connectivity index (χ3v) is 5.31. The van der Waals surface area contributed by atoms with Crippen LogP contribution < -0.4 is 0 Å². The quantitative estimate of drug-likeness (QED) is 0.160. The highest BCUT2D eigenvalue weighted by Crippen LogP contribution is 2.15. The van der Waals surface area contributed by atoms with Gasteiger partial charge in [-0.2, -0.15) is 0 Å². The molecule has 0 aromatic rings. The molecule has 0 aliphatic heterocycles. The zero-order valence-electron chi connectivity index (χ0n) is 19.8. The summed E-state index contributed by atoms with van der Waals surface area (Å²) in [6.45, 7) is 3.98. The Hall–Kier alpha value is -0.690. The first kappa shape index (κ1) is 30.5. The minimum Gasteiger partial charge on any atom is -0.481 e. The average molecular weight is 421 g/mol. The highest BCUT2D eigenvalue weighted by atomic mass is 16.4. The second kappa shape index (κ2) is 19.3. The van der Waals surface area contributed by atoms with Crippen LogP contribution in [0.15, 0.2) is 0 Å². The van der Waals surface area contributed by atoms with Crippen LogP contribution in [0.1, 0.15) is 104 Å². The van der Waals surface area contributed by atoms with Gasteiger partial charge in [-0.3, -0.25) is 4.79 Å². The molecule has 0 saturated heterocycles. The highest BCUT2D eigenvalue weighted by molar-refractivity contribution is 5.66. The van der Waals surface area contributed by atoms with Crippen molar-refractivity contribution in [3.05, 3.63) is 0 Å². The number of rotatable bonds is 17. The number of carbonyl (C=O) groups is 1. The van der Waals surface area contributed by atoms with Crippen molar-refractivity contribution in [3.8, 4) is 0 Å². The van der Waals surface area contributed by atoms with Crippen molar-refractivity contribution in [2.45, 2.75) is 122 Å². The van der Waals surface area contributed by atoms with Gasteiger partial charge in [0.2, 0.25) is 0 Å². The topological polar surface area (TPSA) is 98.0 Å². The average Bonchev–Trinajstić information content (AvgIpc) is 2.62. The molecule has 0 spiro atoms. The number of carboxylic acids is 1. The first-order valence-electron chi connectivity index (χ1n) is 11.6. The maximum Gasteiger partial charge on any atom is 0.303 e. The molecular weight excluding hydrogens is 370 g/mol. The molecule has 6 nitrogen and oxygen atoms in total. The van der Waals surface area contributed by atoms with E-state index in [2.05, 4.69) is 6.92 Å². The predicted molar refractivity (Wildman–Crippen MR) is 120 cm³/mol. The molecule has 0 aromatic carbocycles. The smallest absolute Gasteiger partial charge is 0.303 e. The van der Waals surface area contributed by atoms with E-state index in [9.17, 15) is 15.0 Å². The number of aliphatic hydroxyl groups is 3. The summed E-state index contributed by atoms with van der Waals surface area (Å²) >= 11 is 0. The van der Waals surface area contributed by atoms with Crippen molar-refractivity contribution in [2.24, 2.45) is 0 Å². The third-order valence-electron chi connectivity index (χ3n) is 5.31. The summed E-state index contributed by atoms with van der Waals surface area (Å²) in [6, 6.07) is 0. The van der Waals surface area contributed by atoms with Gasteiger partial charge in [0.05, 0.1) is 33.4 Å². The first-order valence-corrected chi connectivity index (χ1v) is 11.6. The Bertz CT molecular complexity index is 369. The Morgan fingerprint density at radius 2 is 1.07 bits per heavy atom. The molecule has 0 rings (SSSR count). The molecule has 0 radical (unpaired) electrons. The lowest BCUT2D eigenvalue weighted by atomic mass is 9.99. The molecule has 0 aromatic heterocycles. The van der Waals surface area contributed by atoms with Crippen LogP contribution in [0.25, 0.3) is 0 Å². The zero-order valence-corrected chi connectivity index (χ0v) is 19.8. The Kier molecular flexibility index (Phi) is 20.3. The van der Waals surface area contributed by atoms with Crippen LogP contribution in [-0.4, -0.2) is 70.5 Å². The summed E-state index contributed by atoms with van der Waals surface area (Å²) in [5.74, 6) is -0.728. The van der Waals surface area contributed by atoms with Gasteiger partial charge < -0.3 is 24.9 Å². The van der Waals surface area contributed by atoms with Gasteiger partial charge in [-0.15, -0.1) is 0 Å². The van der Waals surface area contributed by atoms with Crippen LogP contribution >= 0.6 is 0 Å². The number of unbranched alkanes of at least 4 members (excludes halogenated alkanes) is 9. The van der Waals surface area contributed by atoms with Crippen LogP contribution in [0, 0.1) is 0 Å². The van der Waals surface area contributed by atoms with Crippen molar-refractivity contribution < 1.29 is 29.7 Å². The lowest BCUT2D eigenvalue weighted by Crippen LogP contribution is -2.42. The first-order chi connectivity index (χ1) is 13.5. The zero-order chi connectivity index (χ0) is 22.7. The monoisotopic (exact) mass is 420 g/mol. The maximum atomic E-state index is 10.4. The van der Waals surface area contributed by atoms with Gasteiger partial charge in [0, 0.05) is 13.3 Å². The molecule has 6 heteroatoms. The summed E-state index contributed by atoms with van der Waals surface area (Å²) < 4.78 is 0.611. The van der Waals surface area contributed by atoms with E-state index in [1.54, 1.807) is 6.92 Å². The van der Waals surface area contributed by atoms with E-state index < -0.39 is 18.2 Å². The Balaban J connectivity index is 0. The number of hydrogen-bond acceptors (Lipinski definition) is 4. The molecule has 0 heterocycles. The van der Waals surface area contributed by atoms with E-state index in [0.717, 1.165) is 44.9 Å². The van der Waals surface area contributed by atoms with Gasteiger partial charge in [-0.25, -0.2) is 0 Å². The minimum absolute atomic E-state index is 0.250. The molecule has 3 atom stereocenters. The van der Waals surface area contributed by atoms with Gasteiger partial charge in [0.1, 0.15) is 0 Å². The molecule has 0 fully saturated rings. The molecule has 29 heavy (non-hydrogen) atoms. The van der Waals surface area contributed by atoms with Crippen molar-refractivity contribution in [3.63, 3.8) is 0 Å². The van der Waals surface area contributed by atoms with Crippen LogP contribution in [0.4, 0.5) is 0 Å². The van der Waals surface area contributed by atoms with E-state index in [4.69, 9.17) is 10.2 Å². The van der Waals surface area contributed by atoms with Gasteiger partial charge >= 0.3 is 5.97 Å². The van der Waals surface area contributed by atoms with Crippen LogP contribution in [0.5, 0.6) is 0 Å². The second-order valence-corrected chi connectivity index (χ2v) is 9.14. The molecule has 4 N–H and O–H groups in total. The fraction of sp³-hybridized carbons (Fsp3) is 0.957. The summed E-state index contributed by atoms with van der Waals surface area (Å²) in [4.78, 5) is 10.4. The summed E-state index contributed by atoms with van der Waals surface area (Å²) in [5, 5.41) is 37.2. The predicted octanol–water partition coefficient (Wildman–Crippen LogP) is 4.31. The van der Waals surface area contributed by atoms with E-state index >= 15 is 0 Å². The van der Waals surface area contributed by atoms with E-state index in [-0.39, 0.29) is 12.6 Å². The Morgan fingerprint density at radius 3 is 1.41 bits per heavy atom. The van der Waals surface area contributed by atoms with Crippen molar-refractivity contribution in [1.82, 2.24) is 0 Å². The molecule has 0 aliphatic rings. The number of nitrogens with zero attached hydrogens (tertiary/aromatic N) is 1. The van der Waals surface area contributed by atoms with E-state index in [1.165, 1.54) is 25.7 Å². The number of quaternary nitrogens is 1. The van der Waals surface area contributed by atoms with Crippen LogP contribution in [-0.2, 0) is 4.79 Å². The summed E-state index contributed by atoms with van der Waals surface area (Å²) in [6.07, 6.45) is 11.9. The lowest BCUT2D eigenvalue weighted by Gasteiger charge is -2.26. The highest BCUT2D eigenvalue weighted by Gasteiger charge is 2.15. The number of aliphatic carboxylic acids is 1. The normalized spacial score (nSPS) is 14.6. The summed E-state index contributed by atoms with van der Waals surface area (Å²) in [5.41, 5.74) is 0. The summed E-state index contributed by atoms with van der Waals surface area (Å²) in [7, 11) is 5.85. The van der Waals surface area contributed by atoms with Crippen molar-refractivity contribution in [1.29, 1.82) is 0 Å². The number of hydrogen-bond donors (Lipinski definition) is 4. The fourth-order valence-electron chi connectivity index (χ4n) is 2.68. The number of carboxylic acid groups (broad SMARTS) is 1. The third kappa shape index (κ3) is 23.5. The molecule has 0 bridgehead atoms. The fourth-order valence-corrected chi connectivity index (χ4v) is 2.68. The number of aliphatic hydroxyl groups excluding tert-OH is 3. The van der Waals surface area contributed by atoms with Crippen LogP contribution in [0.3, 0.4) is 0 Å². The van der Waals surface area contributed by atoms with Gasteiger partial charge in [-0.05, 0) is 19.3 Å². The lowest BCUT2D eigenvalue weighted by molar-refractivity contribution is -0.916. The minimum atomic E-state index is -0.728. The van der Waals surface area contributed by atoms with Gasteiger partial charge in [-0.1, -0.05) is 71.1 Å². The Labute approximate surface area is 179 Å². The maximum absolute atomic E-state index is 10.4. The standard InChI is InChI=1S/C18H36O4.C5H14NO/c1-2-3-4-5-7-10-13-16(19)17(20)14-11-8-6-9-12-15-18(21)22;1-5(7)6(2,3)4/h16-17,19-20H,2-15H2,1H3,(H,21,22);5,7H,1-4H3/q;+1. The van der Waals surface area contributed by atoms with Gasteiger partial charge in [0.25, 0.3) is 0 Å². The SMILES string of the molecule is CC(O)[N+](C)(C)C.CCCCCCCCC(O)C(O)CCCCCCCC(=O)O. The second-order valence-electron chi connectivity index (χ2n) is 9.14. The largest absolute Gasteiger partial charge is 0.481 e. The van der Waals surface area contributed by atoms with Gasteiger partial charge in [0.15, 0.2) is 6.23 Å². The van der Waals surface area contributed by atoms with Crippen LogP contribution in [0.2, 0.25) is 0 Å². The van der Waals surface area contributed by atoms with E-state index in [1.807, 2.05) is 21.1 Å². The van der Waals surface area contributed by atoms with Crippen molar-refractivity contribution >= 4 is 5.97 Å². The molecule has 0 saturated carbocycles. The Morgan fingerprint density at radius 1 is 0.724 bits per heavy atom.